The van der Waals surface area contributed by atoms with Gasteiger partial charge in [0.2, 0.25) is 5.91 Å². The summed E-state index contributed by atoms with van der Waals surface area (Å²) in [5.41, 5.74) is 1.11. The number of halogens is 1. The number of fused-ring (bicyclic) bond motifs is 1. The van der Waals surface area contributed by atoms with Crippen LogP contribution in [0.3, 0.4) is 0 Å². The second-order valence-electron chi connectivity index (χ2n) is 7.65. The molecular formula is C20H24FN7O2. The van der Waals surface area contributed by atoms with Gasteiger partial charge in [-0.15, -0.1) is 0 Å². The molecule has 30 heavy (non-hydrogen) atoms. The summed E-state index contributed by atoms with van der Waals surface area (Å²) < 4.78 is 16.8. The van der Waals surface area contributed by atoms with Gasteiger partial charge in [-0.2, -0.15) is 5.10 Å². The van der Waals surface area contributed by atoms with Crippen molar-refractivity contribution in [2.75, 3.05) is 17.2 Å². The van der Waals surface area contributed by atoms with E-state index in [1.54, 1.807) is 29.0 Å². The fourth-order valence-corrected chi connectivity index (χ4v) is 3.93. The number of pyridine rings is 1. The average Bonchev–Trinajstić information content (AvgIpc) is 3.32. The lowest BCUT2D eigenvalue weighted by molar-refractivity contribution is -0.129. The summed E-state index contributed by atoms with van der Waals surface area (Å²) in [6.07, 6.45) is 6.17. The molecule has 2 aromatic rings. The van der Waals surface area contributed by atoms with E-state index in [2.05, 4.69) is 32.6 Å². The molecule has 2 amide bonds. The normalized spacial score (nSPS) is 20.5. The molecule has 10 heteroatoms. The van der Waals surface area contributed by atoms with Gasteiger partial charge in [0.1, 0.15) is 5.82 Å². The van der Waals surface area contributed by atoms with Crippen molar-refractivity contribution in [2.45, 2.75) is 38.4 Å². The van der Waals surface area contributed by atoms with Crippen LogP contribution in [0.5, 0.6) is 0 Å². The third kappa shape index (κ3) is 3.60. The number of amides is 2. The molecule has 2 aromatic heterocycles. The molecule has 3 N–H and O–H groups in total. The molecule has 2 aliphatic heterocycles. The van der Waals surface area contributed by atoms with E-state index in [0.717, 1.165) is 12.8 Å². The molecule has 1 unspecified atom stereocenters. The second kappa shape index (κ2) is 7.77. The van der Waals surface area contributed by atoms with Gasteiger partial charge in [0.25, 0.3) is 5.91 Å². The maximum absolute atomic E-state index is 15.2. The first-order chi connectivity index (χ1) is 14.4. The lowest BCUT2D eigenvalue weighted by atomic mass is 9.99. The zero-order valence-corrected chi connectivity index (χ0v) is 16.9. The van der Waals surface area contributed by atoms with Gasteiger partial charge in [0.15, 0.2) is 11.6 Å². The zero-order valence-electron chi connectivity index (χ0n) is 16.9. The van der Waals surface area contributed by atoms with Gasteiger partial charge in [-0.3, -0.25) is 14.3 Å². The number of hydrogen-bond donors (Lipinski definition) is 3. The van der Waals surface area contributed by atoms with Gasteiger partial charge < -0.3 is 20.9 Å². The lowest BCUT2D eigenvalue weighted by Crippen LogP contribution is -2.49. The molecule has 2 aliphatic rings. The third-order valence-corrected chi connectivity index (χ3v) is 5.54. The Morgan fingerprint density at radius 1 is 1.40 bits per heavy atom. The van der Waals surface area contributed by atoms with E-state index >= 15 is 4.39 Å². The molecule has 9 nitrogen and oxygen atoms in total. The van der Waals surface area contributed by atoms with Crippen molar-refractivity contribution in [3.63, 3.8) is 0 Å². The topological polar surface area (TPSA) is 104 Å². The Balaban J connectivity index is 1.63. The van der Waals surface area contributed by atoms with Crippen molar-refractivity contribution in [2.24, 2.45) is 7.05 Å². The van der Waals surface area contributed by atoms with Crippen molar-refractivity contribution in [3.8, 4) is 0 Å². The minimum Gasteiger partial charge on any atom is -0.363 e. The van der Waals surface area contributed by atoms with Crippen LogP contribution >= 0.6 is 0 Å². The van der Waals surface area contributed by atoms with Crippen LogP contribution in [0.2, 0.25) is 0 Å². The predicted octanol–water partition coefficient (Wildman–Crippen LogP) is 1.92. The first kappa shape index (κ1) is 19.9. The Hall–Kier alpha value is -3.43. The number of anilines is 3. The molecule has 0 aromatic carbocycles. The van der Waals surface area contributed by atoms with Crippen LogP contribution in [0, 0.1) is 5.82 Å². The SMILES string of the molecule is C=CC(=O)N1C[C@H](Nc2nc(Nc3cnn(C)c3)c3c(c2F)CNC3=O)CCC1C. The molecular weight excluding hydrogens is 389 g/mol. The molecule has 0 bridgehead atoms. The standard InChI is InChI=1S/C20H24FN7O2/c1-4-15(29)28-10-12(6-5-11(28)2)24-19-17(21)14-8-22-20(30)16(14)18(26-19)25-13-7-23-27(3)9-13/h4,7,9,11-12H,1,5-6,8,10H2,2-3H3,(H,22,30)(H2,24,25,26)/t11?,12-/m1/s1. The van der Waals surface area contributed by atoms with Crippen LogP contribution in [0.4, 0.5) is 21.7 Å². The minimum atomic E-state index is -0.555. The van der Waals surface area contributed by atoms with Crippen molar-refractivity contribution in [3.05, 3.63) is 42.0 Å². The van der Waals surface area contributed by atoms with Gasteiger partial charge in [-0.1, -0.05) is 6.58 Å². The van der Waals surface area contributed by atoms with Crippen LogP contribution in [0.25, 0.3) is 0 Å². The number of nitrogens with zero attached hydrogens (tertiary/aromatic N) is 4. The summed E-state index contributed by atoms with van der Waals surface area (Å²) in [4.78, 5) is 30.5. The summed E-state index contributed by atoms with van der Waals surface area (Å²) in [6.45, 7) is 6.06. The van der Waals surface area contributed by atoms with E-state index in [9.17, 15) is 9.59 Å². The zero-order chi connectivity index (χ0) is 21.4. The molecule has 158 valence electrons. The molecule has 0 radical (unpaired) electrons. The summed E-state index contributed by atoms with van der Waals surface area (Å²) in [6, 6.07) is -0.0718. The highest BCUT2D eigenvalue weighted by Crippen LogP contribution is 2.32. The highest BCUT2D eigenvalue weighted by Gasteiger charge is 2.32. The molecule has 1 saturated heterocycles. The van der Waals surface area contributed by atoms with Crippen molar-refractivity contribution in [1.29, 1.82) is 0 Å². The molecule has 4 heterocycles. The average molecular weight is 413 g/mol. The Bertz CT molecular complexity index is 1020. The van der Waals surface area contributed by atoms with E-state index < -0.39 is 5.82 Å². The fourth-order valence-electron chi connectivity index (χ4n) is 3.93. The number of hydrogen-bond acceptors (Lipinski definition) is 6. The maximum atomic E-state index is 15.2. The number of aryl methyl sites for hydroxylation is 1. The van der Waals surface area contributed by atoms with E-state index in [-0.39, 0.29) is 53.2 Å². The Morgan fingerprint density at radius 2 is 2.20 bits per heavy atom. The molecule has 0 spiro atoms. The van der Waals surface area contributed by atoms with Crippen LogP contribution in [-0.4, -0.2) is 50.1 Å². The maximum Gasteiger partial charge on any atom is 0.255 e. The third-order valence-electron chi connectivity index (χ3n) is 5.54. The van der Waals surface area contributed by atoms with Crippen molar-refractivity contribution in [1.82, 2.24) is 25.0 Å². The van der Waals surface area contributed by atoms with E-state index in [0.29, 0.717) is 12.2 Å². The van der Waals surface area contributed by atoms with E-state index in [1.807, 2.05) is 6.92 Å². The van der Waals surface area contributed by atoms with Crippen LogP contribution in [-0.2, 0) is 18.4 Å². The Morgan fingerprint density at radius 3 is 2.90 bits per heavy atom. The Labute approximate surface area is 173 Å². The fraction of sp³-hybridized carbons (Fsp3) is 0.400. The molecule has 0 aliphatic carbocycles. The number of rotatable bonds is 5. The highest BCUT2D eigenvalue weighted by molar-refractivity contribution is 6.03. The first-order valence-electron chi connectivity index (χ1n) is 9.83. The second-order valence-corrected chi connectivity index (χ2v) is 7.65. The smallest absolute Gasteiger partial charge is 0.255 e. The number of aromatic nitrogens is 3. The van der Waals surface area contributed by atoms with Gasteiger partial charge in [0.05, 0.1) is 17.4 Å². The summed E-state index contributed by atoms with van der Waals surface area (Å²) in [5, 5.41) is 12.9. The minimum absolute atomic E-state index is 0.0576. The van der Waals surface area contributed by atoms with Crippen molar-refractivity contribution >= 4 is 29.1 Å². The van der Waals surface area contributed by atoms with Crippen LogP contribution in [0.1, 0.15) is 35.7 Å². The number of piperidine rings is 1. The summed E-state index contributed by atoms with van der Waals surface area (Å²) in [7, 11) is 1.77. The largest absolute Gasteiger partial charge is 0.363 e. The van der Waals surface area contributed by atoms with E-state index in [4.69, 9.17) is 0 Å². The first-order valence-corrected chi connectivity index (χ1v) is 9.83. The van der Waals surface area contributed by atoms with Gasteiger partial charge in [-0.25, -0.2) is 9.37 Å². The van der Waals surface area contributed by atoms with Crippen LogP contribution in [0.15, 0.2) is 25.0 Å². The van der Waals surface area contributed by atoms with E-state index in [1.165, 1.54) is 6.08 Å². The Kier molecular flexibility index (Phi) is 5.15. The van der Waals surface area contributed by atoms with Gasteiger partial charge in [0, 0.05) is 44.0 Å². The summed E-state index contributed by atoms with van der Waals surface area (Å²) in [5.74, 6) is -0.753. The molecule has 4 rings (SSSR count). The summed E-state index contributed by atoms with van der Waals surface area (Å²) >= 11 is 0. The van der Waals surface area contributed by atoms with Gasteiger partial charge >= 0.3 is 0 Å². The monoisotopic (exact) mass is 413 g/mol. The number of nitrogens with one attached hydrogen (secondary N) is 3. The molecule has 2 atom stereocenters. The van der Waals surface area contributed by atoms with Crippen LogP contribution < -0.4 is 16.0 Å². The number of likely N-dealkylation sites (tertiary alicyclic amines) is 1. The predicted molar refractivity (Wildman–Crippen MR) is 110 cm³/mol. The number of carbonyl (C=O) groups excluding carboxylic acids is 2. The highest BCUT2D eigenvalue weighted by atomic mass is 19.1. The van der Waals surface area contributed by atoms with Gasteiger partial charge in [-0.05, 0) is 25.8 Å². The number of carbonyl (C=O) groups is 2. The molecule has 1 fully saturated rings. The lowest BCUT2D eigenvalue weighted by Gasteiger charge is -2.38. The van der Waals surface area contributed by atoms with Crippen molar-refractivity contribution < 1.29 is 14.0 Å². The molecule has 0 saturated carbocycles. The quantitative estimate of drug-likeness (QED) is 0.647.